The van der Waals surface area contributed by atoms with E-state index in [0.717, 1.165) is 12.8 Å². The molecule has 0 aliphatic carbocycles. The Bertz CT molecular complexity index is 503. The third kappa shape index (κ3) is 2.43. The second-order valence-corrected chi connectivity index (χ2v) is 6.95. The third-order valence-corrected chi connectivity index (χ3v) is 5.38. The summed E-state index contributed by atoms with van der Waals surface area (Å²) < 4.78 is 27.2. The van der Waals surface area contributed by atoms with Gasteiger partial charge in [-0.25, -0.2) is 13.1 Å². The topological polar surface area (TPSA) is 58.2 Å². The number of hydrogen-bond donors (Lipinski definition) is 2. The van der Waals surface area contributed by atoms with E-state index < -0.39 is 10.0 Å². The number of nitrogens with one attached hydrogen (secondary N) is 2. The van der Waals surface area contributed by atoms with Crippen LogP contribution in [0.2, 0.25) is 0 Å². The first-order valence-electron chi connectivity index (χ1n) is 6.47. The van der Waals surface area contributed by atoms with E-state index in [-0.39, 0.29) is 6.04 Å². The van der Waals surface area contributed by atoms with Gasteiger partial charge in [0.25, 0.3) is 0 Å². The van der Waals surface area contributed by atoms with Crippen LogP contribution in [-0.2, 0) is 10.0 Å². The summed E-state index contributed by atoms with van der Waals surface area (Å²) >= 11 is 0. The van der Waals surface area contributed by atoms with E-state index in [1.807, 2.05) is 6.07 Å². The molecule has 1 aromatic rings. The second kappa shape index (κ2) is 4.64. The molecule has 2 aliphatic rings. The zero-order valence-corrected chi connectivity index (χ0v) is 11.0. The number of piperidine rings is 1. The average Bonchev–Trinajstić information content (AvgIpc) is 2.69. The van der Waals surface area contributed by atoms with E-state index in [0.29, 0.717) is 17.0 Å². The molecular formula is C13H18N2O2S. The van der Waals surface area contributed by atoms with Gasteiger partial charge < -0.3 is 5.32 Å². The molecule has 2 unspecified atom stereocenters. The van der Waals surface area contributed by atoms with E-state index >= 15 is 0 Å². The van der Waals surface area contributed by atoms with Crippen molar-refractivity contribution in [2.75, 3.05) is 0 Å². The smallest absolute Gasteiger partial charge is 0.240 e. The molecule has 2 atom stereocenters. The van der Waals surface area contributed by atoms with Crippen LogP contribution in [0.4, 0.5) is 0 Å². The molecule has 18 heavy (non-hydrogen) atoms. The first-order chi connectivity index (χ1) is 8.63. The summed E-state index contributed by atoms with van der Waals surface area (Å²) in [5.74, 6) is 0. The lowest BCUT2D eigenvalue weighted by Gasteiger charge is -2.29. The van der Waals surface area contributed by atoms with Gasteiger partial charge in [-0.15, -0.1) is 0 Å². The van der Waals surface area contributed by atoms with Crippen molar-refractivity contribution in [2.45, 2.75) is 48.7 Å². The Balaban J connectivity index is 1.73. The van der Waals surface area contributed by atoms with Crippen LogP contribution in [0.1, 0.15) is 25.7 Å². The van der Waals surface area contributed by atoms with Gasteiger partial charge in [-0.05, 0) is 37.8 Å². The van der Waals surface area contributed by atoms with Crippen molar-refractivity contribution in [2.24, 2.45) is 0 Å². The lowest BCUT2D eigenvalue weighted by molar-refractivity contribution is 0.345. The van der Waals surface area contributed by atoms with Gasteiger partial charge >= 0.3 is 0 Å². The van der Waals surface area contributed by atoms with Crippen LogP contribution in [0.3, 0.4) is 0 Å². The first-order valence-corrected chi connectivity index (χ1v) is 7.95. The third-order valence-electron chi connectivity index (χ3n) is 3.85. The molecule has 0 radical (unpaired) electrons. The van der Waals surface area contributed by atoms with Crippen molar-refractivity contribution in [1.82, 2.24) is 10.0 Å². The predicted octanol–water partition coefficient (Wildman–Crippen LogP) is 1.25. The van der Waals surface area contributed by atoms with Crippen molar-refractivity contribution < 1.29 is 8.42 Å². The first kappa shape index (κ1) is 12.1. The predicted molar refractivity (Wildman–Crippen MR) is 69.7 cm³/mol. The lowest BCUT2D eigenvalue weighted by atomic mass is 10.0. The molecule has 2 heterocycles. The summed E-state index contributed by atoms with van der Waals surface area (Å²) in [7, 11) is -3.36. The summed E-state index contributed by atoms with van der Waals surface area (Å²) in [6, 6.07) is 9.66. The van der Waals surface area contributed by atoms with E-state index in [2.05, 4.69) is 10.0 Å². The summed E-state index contributed by atoms with van der Waals surface area (Å²) in [6.45, 7) is 0. The highest BCUT2D eigenvalue weighted by atomic mass is 32.2. The molecule has 2 saturated heterocycles. The molecule has 4 nitrogen and oxygen atoms in total. The van der Waals surface area contributed by atoms with Crippen LogP contribution in [-0.4, -0.2) is 26.5 Å². The summed E-state index contributed by atoms with van der Waals surface area (Å²) in [4.78, 5) is 0.357. The molecule has 3 rings (SSSR count). The molecule has 5 heteroatoms. The van der Waals surface area contributed by atoms with Crippen molar-refractivity contribution in [3.05, 3.63) is 30.3 Å². The summed E-state index contributed by atoms with van der Waals surface area (Å²) in [5, 5.41) is 3.51. The van der Waals surface area contributed by atoms with Crippen LogP contribution in [0, 0.1) is 0 Å². The second-order valence-electron chi connectivity index (χ2n) is 5.24. The molecule has 2 aliphatic heterocycles. The van der Waals surface area contributed by atoms with Crippen molar-refractivity contribution in [3.8, 4) is 0 Å². The quantitative estimate of drug-likeness (QED) is 0.865. The van der Waals surface area contributed by atoms with Gasteiger partial charge in [-0.3, -0.25) is 0 Å². The Hall–Kier alpha value is -0.910. The molecule has 2 N–H and O–H groups in total. The Morgan fingerprint density at radius 1 is 1.06 bits per heavy atom. The number of rotatable bonds is 3. The highest BCUT2D eigenvalue weighted by Crippen LogP contribution is 2.27. The van der Waals surface area contributed by atoms with Crippen LogP contribution < -0.4 is 10.0 Å². The lowest BCUT2D eigenvalue weighted by Crippen LogP contribution is -2.47. The Morgan fingerprint density at radius 3 is 2.28 bits per heavy atom. The van der Waals surface area contributed by atoms with Crippen LogP contribution in [0.5, 0.6) is 0 Å². The molecule has 0 saturated carbocycles. The minimum Gasteiger partial charge on any atom is -0.311 e. The van der Waals surface area contributed by atoms with Crippen LogP contribution in [0.15, 0.2) is 35.2 Å². The Morgan fingerprint density at radius 2 is 1.67 bits per heavy atom. The molecule has 2 fully saturated rings. The zero-order chi connectivity index (χ0) is 12.6. The van der Waals surface area contributed by atoms with Gasteiger partial charge in [-0.1, -0.05) is 18.2 Å². The average molecular weight is 266 g/mol. The molecule has 0 amide bonds. The maximum atomic E-state index is 12.2. The maximum Gasteiger partial charge on any atom is 0.240 e. The fraction of sp³-hybridized carbons (Fsp3) is 0.538. The molecule has 0 spiro atoms. The van der Waals surface area contributed by atoms with E-state index in [4.69, 9.17) is 0 Å². The summed E-state index contributed by atoms with van der Waals surface area (Å²) in [6.07, 6.45) is 4.16. The zero-order valence-electron chi connectivity index (χ0n) is 10.2. The number of sulfonamides is 1. The van der Waals surface area contributed by atoms with E-state index in [1.165, 1.54) is 12.8 Å². The van der Waals surface area contributed by atoms with Gasteiger partial charge in [0.15, 0.2) is 0 Å². The Kier molecular flexibility index (Phi) is 3.13. The van der Waals surface area contributed by atoms with Crippen molar-refractivity contribution in [3.63, 3.8) is 0 Å². The van der Waals surface area contributed by atoms with E-state index in [1.54, 1.807) is 24.3 Å². The maximum absolute atomic E-state index is 12.2. The fourth-order valence-corrected chi connectivity index (χ4v) is 4.32. The highest BCUT2D eigenvalue weighted by molar-refractivity contribution is 7.89. The molecule has 98 valence electrons. The van der Waals surface area contributed by atoms with E-state index in [9.17, 15) is 8.42 Å². The number of fused-ring (bicyclic) bond motifs is 2. The van der Waals surface area contributed by atoms with Gasteiger partial charge in [0, 0.05) is 18.1 Å². The highest BCUT2D eigenvalue weighted by Gasteiger charge is 2.35. The monoisotopic (exact) mass is 266 g/mol. The van der Waals surface area contributed by atoms with Crippen molar-refractivity contribution in [1.29, 1.82) is 0 Å². The molecule has 1 aromatic carbocycles. The molecular weight excluding hydrogens is 248 g/mol. The Labute approximate surface area is 108 Å². The SMILES string of the molecule is O=S(=O)(NC1CC2CCC(C1)N2)c1ccccc1. The van der Waals surface area contributed by atoms with Crippen LogP contribution >= 0.6 is 0 Å². The van der Waals surface area contributed by atoms with Gasteiger partial charge in [0.05, 0.1) is 4.90 Å². The number of hydrogen-bond acceptors (Lipinski definition) is 3. The normalized spacial score (nSPS) is 31.4. The minimum absolute atomic E-state index is 0.0777. The van der Waals surface area contributed by atoms with Gasteiger partial charge in [-0.2, -0.15) is 0 Å². The molecule has 2 bridgehead atoms. The molecule has 0 aromatic heterocycles. The largest absolute Gasteiger partial charge is 0.311 e. The van der Waals surface area contributed by atoms with Gasteiger partial charge in [0.2, 0.25) is 10.0 Å². The summed E-state index contributed by atoms with van der Waals surface area (Å²) in [5.41, 5.74) is 0. The van der Waals surface area contributed by atoms with Crippen LogP contribution in [0.25, 0.3) is 0 Å². The van der Waals surface area contributed by atoms with Crippen molar-refractivity contribution >= 4 is 10.0 Å². The fourth-order valence-electron chi connectivity index (χ4n) is 3.04. The van der Waals surface area contributed by atoms with Gasteiger partial charge in [0.1, 0.15) is 0 Å². The standard InChI is InChI=1S/C13H18N2O2S/c16-18(17,13-4-2-1-3-5-13)15-12-8-10-6-7-11(9-12)14-10/h1-5,10-12,14-15H,6-9H2. The minimum atomic E-state index is -3.36. The number of benzene rings is 1.